The predicted octanol–water partition coefficient (Wildman–Crippen LogP) is 6.04. The van der Waals surface area contributed by atoms with Crippen LogP contribution in [0.1, 0.15) is 36.5 Å². The summed E-state index contributed by atoms with van der Waals surface area (Å²) in [6, 6.07) is 20.8. The Morgan fingerprint density at radius 2 is 1.82 bits per heavy atom. The molecule has 0 fully saturated rings. The van der Waals surface area contributed by atoms with E-state index in [2.05, 4.69) is 31.3 Å². The van der Waals surface area contributed by atoms with Crippen molar-refractivity contribution in [3.63, 3.8) is 0 Å². The number of carbonyl (C=O) groups is 2. The Hall–Kier alpha value is -3.57. The maximum absolute atomic E-state index is 12.6. The number of anilines is 2. The number of nitrogens with one attached hydrogen (secondary N) is 1. The molecule has 33 heavy (non-hydrogen) atoms. The Bertz CT molecular complexity index is 1180. The van der Waals surface area contributed by atoms with Crippen molar-refractivity contribution in [2.75, 3.05) is 16.8 Å². The number of rotatable bonds is 6. The van der Waals surface area contributed by atoms with Crippen LogP contribution in [0.5, 0.6) is 5.75 Å². The second kappa shape index (κ2) is 9.92. The monoisotopic (exact) mass is 460 g/mol. The summed E-state index contributed by atoms with van der Waals surface area (Å²) in [5.41, 5.74) is 4.35. The van der Waals surface area contributed by atoms with Gasteiger partial charge in [-0.15, -0.1) is 0 Å². The highest BCUT2D eigenvalue weighted by molar-refractivity contribution is 6.30. The first-order valence-corrected chi connectivity index (χ1v) is 11.2. The van der Waals surface area contributed by atoms with Crippen LogP contribution in [0.3, 0.4) is 0 Å². The second-order valence-electron chi connectivity index (χ2n) is 8.22. The molecule has 0 radical (unpaired) electrons. The van der Waals surface area contributed by atoms with Crippen LogP contribution in [-0.4, -0.2) is 18.4 Å². The Balaban J connectivity index is 1.48. The first kappa shape index (κ1) is 22.6. The lowest BCUT2D eigenvalue weighted by atomic mass is 10.0. The van der Waals surface area contributed by atoms with Crippen molar-refractivity contribution in [2.45, 2.75) is 26.3 Å². The fourth-order valence-corrected chi connectivity index (χ4v) is 3.70. The smallest absolute Gasteiger partial charge is 0.265 e. The SMILES string of the molecule is CC(C)c1ccc(/C=C/C(=O)Nc2ccc3c(c2)N(Cc2ccc(Cl)cc2)C(=O)CO3)cc1. The maximum Gasteiger partial charge on any atom is 0.265 e. The van der Waals surface area contributed by atoms with Gasteiger partial charge in [-0.3, -0.25) is 9.59 Å². The Kier molecular flexibility index (Phi) is 6.80. The molecule has 0 aromatic heterocycles. The zero-order chi connectivity index (χ0) is 23.4. The molecule has 0 atom stereocenters. The van der Waals surface area contributed by atoms with Gasteiger partial charge >= 0.3 is 0 Å². The van der Waals surface area contributed by atoms with Crippen molar-refractivity contribution in [1.29, 1.82) is 0 Å². The van der Waals surface area contributed by atoms with Gasteiger partial charge in [0.2, 0.25) is 5.91 Å². The van der Waals surface area contributed by atoms with Crippen LogP contribution >= 0.6 is 11.6 Å². The van der Waals surface area contributed by atoms with Gasteiger partial charge in [-0.05, 0) is 59.0 Å². The van der Waals surface area contributed by atoms with E-state index in [-0.39, 0.29) is 18.4 Å². The normalized spacial score (nSPS) is 13.2. The van der Waals surface area contributed by atoms with E-state index >= 15 is 0 Å². The highest BCUT2D eigenvalue weighted by Gasteiger charge is 2.26. The van der Waals surface area contributed by atoms with E-state index in [1.807, 2.05) is 24.3 Å². The molecule has 1 aliphatic rings. The van der Waals surface area contributed by atoms with Gasteiger partial charge in [0, 0.05) is 16.8 Å². The average molecular weight is 461 g/mol. The summed E-state index contributed by atoms with van der Waals surface area (Å²) < 4.78 is 5.58. The number of hydrogen-bond acceptors (Lipinski definition) is 3. The molecule has 3 aromatic carbocycles. The molecule has 4 rings (SSSR count). The lowest BCUT2D eigenvalue weighted by Gasteiger charge is -2.30. The summed E-state index contributed by atoms with van der Waals surface area (Å²) in [6.45, 7) is 4.65. The van der Waals surface area contributed by atoms with Crippen LogP contribution in [0.25, 0.3) is 6.08 Å². The van der Waals surface area contributed by atoms with Gasteiger partial charge in [-0.25, -0.2) is 0 Å². The number of fused-ring (bicyclic) bond motifs is 1. The number of benzene rings is 3. The molecule has 0 unspecified atom stereocenters. The van der Waals surface area contributed by atoms with Gasteiger partial charge in [0.05, 0.1) is 12.2 Å². The van der Waals surface area contributed by atoms with E-state index in [0.29, 0.717) is 34.6 Å². The first-order valence-electron chi connectivity index (χ1n) is 10.8. The number of halogens is 1. The lowest BCUT2D eigenvalue weighted by molar-refractivity contribution is -0.121. The van der Waals surface area contributed by atoms with Gasteiger partial charge in [0.1, 0.15) is 5.75 Å². The molecule has 6 heteroatoms. The molecule has 3 aromatic rings. The van der Waals surface area contributed by atoms with E-state index < -0.39 is 0 Å². The van der Waals surface area contributed by atoms with Crippen LogP contribution in [0.2, 0.25) is 5.02 Å². The Morgan fingerprint density at radius 3 is 2.52 bits per heavy atom. The predicted molar refractivity (Wildman–Crippen MR) is 133 cm³/mol. The van der Waals surface area contributed by atoms with Crippen molar-refractivity contribution in [1.82, 2.24) is 0 Å². The summed E-state index contributed by atoms with van der Waals surface area (Å²) >= 11 is 5.97. The van der Waals surface area contributed by atoms with Crippen molar-refractivity contribution < 1.29 is 14.3 Å². The number of hydrogen-bond donors (Lipinski definition) is 1. The molecule has 0 bridgehead atoms. The van der Waals surface area contributed by atoms with E-state index in [0.717, 1.165) is 11.1 Å². The molecule has 1 aliphatic heterocycles. The molecule has 168 valence electrons. The largest absolute Gasteiger partial charge is 0.482 e. The van der Waals surface area contributed by atoms with Gasteiger partial charge < -0.3 is 15.0 Å². The summed E-state index contributed by atoms with van der Waals surface area (Å²) in [5.74, 6) is 0.661. The summed E-state index contributed by atoms with van der Waals surface area (Å²) in [4.78, 5) is 26.7. The zero-order valence-electron chi connectivity index (χ0n) is 18.5. The molecule has 1 heterocycles. The topological polar surface area (TPSA) is 58.6 Å². The van der Waals surface area contributed by atoms with Crippen molar-refractivity contribution in [3.05, 3.63) is 94.5 Å². The minimum Gasteiger partial charge on any atom is -0.482 e. The molecular formula is C27H25ClN2O3. The molecular weight excluding hydrogens is 436 g/mol. The van der Waals surface area contributed by atoms with Gasteiger partial charge in [-0.1, -0.05) is 61.8 Å². The Morgan fingerprint density at radius 1 is 1.09 bits per heavy atom. The van der Waals surface area contributed by atoms with Crippen LogP contribution in [0.4, 0.5) is 11.4 Å². The summed E-state index contributed by atoms with van der Waals surface area (Å²) in [7, 11) is 0. The third-order valence-electron chi connectivity index (χ3n) is 5.45. The minimum absolute atomic E-state index is 0.0232. The van der Waals surface area contributed by atoms with Crippen LogP contribution in [-0.2, 0) is 16.1 Å². The molecule has 0 spiro atoms. The average Bonchev–Trinajstić information content (AvgIpc) is 2.81. The summed E-state index contributed by atoms with van der Waals surface area (Å²) in [6.07, 6.45) is 3.27. The third-order valence-corrected chi connectivity index (χ3v) is 5.71. The number of carbonyl (C=O) groups excluding carboxylic acids is 2. The number of amides is 2. The van der Waals surface area contributed by atoms with Crippen molar-refractivity contribution >= 4 is 40.9 Å². The van der Waals surface area contributed by atoms with Crippen molar-refractivity contribution in [3.8, 4) is 5.75 Å². The third kappa shape index (κ3) is 5.62. The summed E-state index contributed by atoms with van der Waals surface area (Å²) in [5, 5.41) is 3.50. The van der Waals surface area contributed by atoms with Crippen LogP contribution < -0.4 is 15.0 Å². The van der Waals surface area contributed by atoms with Crippen LogP contribution in [0.15, 0.2) is 72.8 Å². The minimum atomic E-state index is -0.254. The standard InChI is InChI=1S/C27H25ClN2O3/c1-18(2)21-8-3-19(4-9-21)7-14-26(31)29-23-12-13-25-24(15-23)30(27(32)17-33-25)16-20-5-10-22(28)11-6-20/h3-15,18H,16-17H2,1-2H3,(H,29,31)/b14-7+. The Labute approximate surface area is 198 Å². The highest BCUT2D eigenvalue weighted by atomic mass is 35.5. The van der Waals surface area contributed by atoms with E-state index in [1.54, 1.807) is 41.3 Å². The molecule has 0 saturated heterocycles. The number of nitrogens with zero attached hydrogens (tertiary/aromatic N) is 1. The van der Waals surface area contributed by atoms with Crippen molar-refractivity contribution in [2.24, 2.45) is 0 Å². The molecule has 0 aliphatic carbocycles. The second-order valence-corrected chi connectivity index (χ2v) is 8.66. The molecule has 2 amide bonds. The molecule has 1 N–H and O–H groups in total. The van der Waals surface area contributed by atoms with Gasteiger partial charge in [-0.2, -0.15) is 0 Å². The van der Waals surface area contributed by atoms with Gasteiger partial charge in [0.15, 0.2) is 6.61 Å². The molecule has 0 saturated carbocycles. The fraction of sp³-hybridized carbons (Fsp3) is 0.185. The lowest BCUT2D eigenvalue weighted by Crippen LogP contribution is -2.38. The first-order chi connectivity index (χ1) is 15.9. The highest BCUT2D eigenvalue weighted by Crippen LogP contribution is 2.35. The maximum atomic E-state index is 12.6. The quantitative estimate of drug-likeness (QED) is 0.456. The van der Waals surface area contributed by atoms with Gasteiger partial charge in [0.25, 0.3) is 5.91 Å². The fourth-order valence-electron chi connectivity index (χ4n) is 3.57. The number of ether oxygens (including phenoxy) is 1. The van der Waals surface area contributed by atoms with E-state index in [4.69, 9.17) is 16.3 Å². The van der Waals surface area contributed by atoms with E-state index in [9.17, 15) is 9.59 Å². The van der Waals surface area contributed by atoms with E-state index in [1.165, 1.54) is 11.6 Å². The zero-order valence-corrected chi connectivity index (χ0v) is 19.3. The van der Waals surface area contributed by atoms with Crippen LogP contribution in [0, 0.1) is 0 Å². The molecule has 5 nitrogen and oxygen atoms in total.